The van der Waals surface area contributed by atoms with Crippen LogP contribution in [0.25, 0.3) is 11.8 Å². The Kier molecular flexibility index (Phi) is 9.02. The number of benzene rings is 1. The molecule has 0 bridgehead atoms. The Labute approximate surface area is 217 Å². The van der Waals surface area contributed by atoms with Crippen molar-refractivity contribution >= 4 is 24.0 Å². The predicted octanol–water partition coefficient (Wildman–Crippen LogP) is 0.818. The maximum atomic E-state index is 13.1. The first-order valence-electron chi connectivity index (χ1n) is 11.7. The van der Waals surface area contributed by atoms with Crippen molar-refractivity contribution in [2.24, 2.45) is 0 Å². The molecule has 12 heteroatoms. The monoisotopic (exact) mass is 527 g/mol. The van der Waals surface area contributed by atoms with E-state index in [1.165, 1.54) is 26.2 Å². The molecule has 38 heavy (non-hydrogen) atoms. The molecule has 3 rings (SSSR count). The number of hydrogen-bond donors (Lipinski definition) is 0. The predicted molar refractivity (Wildman–Crippen MR) is 131 cm³/mol. The number of esters is 3. The van der Waals surface area contributed by atoms with Crippen molar-refractivity contribution < 1.29 is 38.4 Å². The zero-order chi connectivity index (χ0) is 27.9. The van der Waals surface area contributed by atoms with Gasteiger partial charge in [0, 0.05) is 32.6 Å². The number of aromatic nitrogens is 2. The Bertz CT molecular complexity index is 1370. The van der Waals surface area contributed by atoms with Gasteiger partial charge in [-0.3, -0.25) is 9.59 Å². The van der Waals surface area contributed by atoms with Crippen LogP contribution in [0, 0.1) is 0 Å². The van der Waals surface area contributed by atoms with E-state index in [2.05, 4.69) is 0 Å². The molecule has 202 valence electrons. The summed E-state index contributed by atoms with van der Waals surface area (Å²) in [4.78, 5) is 62.7. The van der Waals surface area contributed by atoms with E-state index < -0.39 is 46.4 Å². The second-order valence-corrected chi connectivity index (χ2v) is 8.28. The highest BCUT2D eigenvalue weighted by atomic mass is 16.7. The summed E-state index contributed by atoms with van der Waals surface area (Å²) in [5.41, 5.74) is -2.32. The van der Waals surface area contributed by atoms with Crippen LogP contribution < -0.4 is 16.4 Å². The van der Waals surface area contributed by atoms with Gasteiger partial charge in [0.2, 0.25) is 0 Å². The second-order valence-electron chi connectivity index (χ2n) is 8.28. The summed E-state index contributed by atoms with van der Waals surface area (Å²) in [6, 6.07) is 8.04. The highest BCUT2D eigenvalue weighted by Crippen LogP contribution is 2.28. The molecular weight excluding hydrogens is 500 g/mol. The molecule has 1 saturated heterocycles. The molecule has 1 aliphatic rings. The minimum absolute atomic E-state index is 0.0436. The van der Waals surface area contributed by atoms with Gasteiger partial charge in [-0.2, -0.15) is 0 Å². The minimum atomic E-state index is -1.66. The number of carbonyl (C=O) groups excluding carboxylic acids is 3. The summed E-state index contributed by atoms with van der Waals surface area (Å²) in [6.45, 7) is 3.10. The molecule has 0 N–H and O–H groups in total. The Morgan fingerprint density at radius 2 is 1.76 bits per heavy atom. The van der Waals surface area contributed by atoms with Gasteiger partial charge in [0.05, 0.1) is 25.3 Å². The van der Waals surface area contributed by atoms with Crippen molar-refractivity contribution in [1.82, 2.24) is 9.13 Å². The molecule has 0 aliphatic carbocycles. The van der Waals surface area contributed by atoms with E-state index in [0.29, 0.717) is 0 Å². The van der Waals surface area contributed by atoms with Crippen LogP contribution in [0.3, 0.4) is 0 Å². The minimum Gasteiger partial charge on any atom is -0.859 e. The summed E-state index contributed by atoms with van der Waals surface area (Å²) < 4.78 is 21.9. The lowest BCUT2D eigenvalue weighted by molar-refractivity contribution is -0.280. The average molecular weight is 528 g/mol. The third-order valence-corrected chi connectivity index (χ3v) is 5.54. The zero-order valence-corrected chi connectivity index (χ0v) is 21.1. The smallest absolute Gasteiger partial charge is 0.348 e. The Hall–Kier alpha value is -4.45. The van der Waals surface area contributed by atoms with E-state index in [-0.39, 0.29) is 43.9 Å². The van der Waals surface area contributed by atoms with Gasteiger partial charge in [-0.05, 0) is 37.1 Å². The van der Waals surface area contributed by atoms with Gasteiger partial charge < -0.3 is 28.6 Å². The van der Waals surface area contributed by atoms with Crippen molar-refractivity contribution in [3.05, 3.63) is 74.5 Å². The Morgan fingerprint density at radius 3 is 2.37 bits per heavy atom. The largest absolute Gasteiger partial charge is 0.859 e. The molecule has 0 unspecified atom stereocenters. The molecule has 2 aromatic rings. The number of ether oxygens (including phenoxy) is 4. The Morgan fingerprint density at radius 1 is 1.11 bits per heavy atom. The van der Waals surface area contributed by atoms with Gasteiger partial charge in [-0.1, -0.05) is 24.3 Å². The first kappa shape index (κ1) is 28.1. The van der Waals surface area contributed by atoms with Crippen LogP contribution in [0.2, 0.25) is 0 Å². The SMILES string of the molecule is CCOC(=O)CCC1(C)OC(=O)C(=C/C=C/c2c([O-])n(CCOC)c(=O)n(-c3ccccc3)c2=O)C(=O)O1. The molecule has 0 radical (unpaired) electrons. The van der Waals surface area contributed by atoms with Gasteiger partial charge >= 0.3 is 23.6 Å². The summed E-state index contributed by atoms with van der Waals surface area (Å²) >= 11 is 0. The number of allylic oxidation sites excluding steroid dienone is 2. The van der Waals surface area contributed by atoms with Crippen LogP contribution in [-0.2, 0) is 39.9 Å². The van der Waals surface area contributed by atoms with Crippen molar-refractivity contribution in [3.8, 4) is 11.6 Å². The van der Waals surface area contributed by atoms with Crippen LogP contribution in [-0.4, -0.2) is 53.2 Å². The van der Waals surface area contributed by atoms with E-state index in [9.17, 15) is 29.1 Å². The van der Waals surface area contributed by atoms with E-state index in [1.54, 1.807) is 25.1 Å². The lowest BCUT2D eigenvalue weighted by atomic mass is 10.1. The standard InChI is InChI=1S/C26H28N2O10/c1-4-36-20(29)13-14-26(2)37-23(32)19(24(33)38-26)12-8-11-18-21(30)27(15-16-35-3)25(34)28(22(18)31)17-9-6-5-7-10-17/h5-12,30H,4,13-16H2,1-3H3/p-1/b11-8+,19-12?. The molecular formula is C26H27N2O10-. The molecule has 1 aromatic heterocycles. The maximum absolute atomic E-state index is 13.1. The number of carbonyl (C=O) groups is 3. The highest BCUT2D eigenvalue weighted by molar-refractivity contribution is 6.15. The van der Waals surface area contributed by atoms with Crippen LogP contribution in [0.1, 0.15) is 32.3 Å². The normalized spacial score (nSPS) is 17.3. The van der Waals surface area contributed by atoms with Crippen molar-refractivity contribution in [1.29, 1.82) is 0 Å². The fourth-order valence-electron chi connectivity index (χ4n) is 3.63. The molecule has 2 heterocycles. The average Bonchev–Trinajstić information content (AvgIpc) is 2.87. The molecule has 0 spiro atoms. The fraction of sp³-hybridized carbons (Fsp3) is 0.346. The molecule has 1 fully saturated rings. The van der Waals surface area contributed by atoms with Crippen molar-refractivity contribution in [3.63, 3.8) is 0 Å². The quantitative estimate of drug-likeness (QED) is 0.246. The van der Waals surface area contributed by atoms with E-state index in [4.69, 9.17) is 18.9 Å². The highest BCUT2D eigenvalue weighted by Gasteiger charge is 2.42. The topological polar surface area (TPSA) is 155 Å². The zero-order valence-electron chi connectivity index (χ0n) is 21.1. The number of rotatable bonds is 10. The fourth-order valence-corrected chi connectivity index (χ4v) is 3.63. The first-order valence-corrected chi connectivity index (χ1v) is 11.7. The van der Waals surface area contributed by atoms with E-state index in [0.717, 1.165) is 27.4 Å². The van der Waals surface area contributed by atoms with Gasteiger partial charge in [0.15, 0.2) is 0 Å². The molecule has 0 atom stereocenters. The van der Waals surface area contributed by atoms with Crippen molar-refractivity contribution in [2.45, 2.75) is 39.0 Å². The van der Waals surface area contributed by atoms with Gasteiger partial charge in [-0.15, -0.1) is 0 Å². The lowest BCUT2D eigenvalue weighted by Crippen LogP contribution is -2.44. The number of para-hydroxylation sites is 1. The van der Waals surface area contributed by atoms with Gasteiger partial charge in [-0.25, -0.2) is 19.0 Å². The maximum Gasteiger partial charge on any atom is 0.348 e. The van der Waals surface area contributed by atoms with Gasteiger partial charge in [0.25, 0.3) is 11.3 Å². The van der Waals surface area contributed by atoms with Crippen LogP contribution in [0.15, 0.2) is 57.6 Å². The third kappa shape index (κ3) is 6.27. The Balaban J connectivity index is 1.92. The van der Waals surface area contributed by atoms with E-state index >= 15 is 0 Å². The molecule has 0 saturated carbocycles. The van der Waals surface area contributed by atoms with E-state index in [1.807, 2.05) is 0 Å². The number of cyclic esters (lactones) is 2. The summed E-state index contributed by atoms with van der Waals surface area (Å²) in [7, 11) is 1.40. The van der Waals surface area contributed by atoms with Gasteiger partial charge in [0.1, 0.15) is 5.57 Å². The number of methoxy groups -OCH3 is 1. The summed E-state index contributed by atoms with van der Waals surface area (Å²) in [6.07, 6.45) is 3.02. The van der Waals surface area contributed by atoms with Crippen LogP contribution in [0.4, 0.5) is 0 Å². The van der Waals surface area contributed by atoms with Crippen LogP contribution in [0.5, 0.6) is 5.88 Å². The number of hydrogen-bond acceptors (Lipinski definition) is 10. The second kappa shape index (κ2) is 12.2. The summed E-state index contributed by atoms with van der Waals surface area (Å²) in [5.74, 6) is -5.08. The number of nitrogens with zero attached hydrogens (tertiary/aromatic N) is 2. The summed E-state index contributed by atoms with van der Waals surface area (Å²) in [5, 5.41) is 13.0. The van der Waals surface area contributed by atoms with Crippen LogP contribution >= 0.6 is 0 Å². The lowest BCUT2D eigenvalue weighted by Gasteiger charge is -2.33. The molecule has 12 nitrogen and oxygen atoms in total. The molecule has 1 aliphatic heterocycles. The van der Waals surface area contributed by atoms with Crippen molar-refractivity contribution in [2.75, 3.05) is 20.3 Å². The molecule has 0 amide bonds. The third-order valence-electron chi connectivity index (χ3n) is 5.54. The first-order chi connectivity index (χ1) is 18.1. The molecule has 1 aromatic carbocycles.